The second-order valence-corrected chi connectivity index (χ2v) is 6.55. The zero-order chi connectivity index (χ0) is 14.0. The summed E-state index contributed by atoms with van der Waals surface area (Å²) >= 11 is 3.45. The number of fused-ring (bicyclic) bond motifs is 1. The summed E-state index contributed by atoms with van der Waals surface area (Å²) in [7, 11) is 0. The number of hydrogen-bond acceptors (Lipinski definition) is 3. The molecular weight excluding hydrogens is 308 g/mol. The van der Waals surface area contributed by atoms with Gasteiger partial charge in [-0.1, -0.05) is 22.0 Å². The van der Waals surface area contributed by atoms with Gasteiger partial charge in [0.15, 0.2) is 0 Å². The summed E-state index contributed by atoms with van der Waals surface area (Å²) in [4.78, 5) is 13.8. The van der Waals surface area contributed by atoms with Crippen molar-refractivity contribution in [2.75, 3.05) is 18.4 Å². The van der Waals surface area contributed by atoms with Gasteiger partial charge in [0.1, 0.15) is 5.60 Å². The molecule has 2 rings (SSSR count). The predicted octanol–water partition coefficient (Wildman–Crippen LogP) is 3.61. The van der Waals surface area contributed by atoms with Crippen molar-refractivity contribution in [1.82, 2.24) is 4.90 Å². The summed E-state index contributed by atoms with van der Waals surface area (Å²) in [5.74, 6) is 0. The van der Waals surface area contributed by atoms with Crippen LogP contribution in [-0.2, 0) is 11.3 Å². The van der Waals surface area contributed by atoms with Crippen molar-refractivity contribution in [3.05, 3.63) is 28.2 Å². The van der Waals surface area contributed by atoms with E-state index in [1.54, 1.807) is 4.90 Å². The van der Waals surface area contributed by atoms with E-state index in [0.717, 1.165) is 22.3 Å². The zero-order valence-corrected chi connectivity index (χ0v) is 13.1. The Balaban J connectivity index is 2.13. The van der Waals surface area contributed by atoms with E-state index in [4.69, 9.17) is 4.74 Å². The number of anilines is 1. The van der Waals surface area contributed by atoms with Crippen molar-refractivity contribution in [2.24, 2.45) is 0 Å². The topological polar surface area (TPSA) is 41.6 Å². The molecule has 0 spiro atoms. The summed E-state index contributed by atoms with van der Waals surface area (Å²) in [5.41, 5.74) is 1.71. The minimum atomic E-state index is -0.459. The maximum atomic E-state index is 12.1. The molecule has 4 nitrogen and oxygen atoms in total. The maximum Gasteiger partial charge on any atom is 0.410 e. The monoisotopic (exact) mass is 326 g/mol. The van der Waals surface area contributed by atoms with Gasteiger partial charge < -0.3 is 15.0 Å². The molecule has 1 amide bonds. The number of carbonyl (C=O) groups excluding carboxylic acids is 1. The molecule has 0 saturated heterocycles. The Hall–Kier alpha value is -1.23. The normalized spacial score (nSPS) is 15.3. The highest BCUT2D eigenvalue weighted by Crippen LogP contribution is 2.25. The summed E-state index contributed by atoms with van der Waals surface area (Å²) in [6.45, 7) is 7.58. The number of amides is 1. The first-order valence-electron chi connectivity index (χ1n) is 6.35. The molecule has 0 unspecified atom stereocenters. The largest absolute Gasteiger partial charge is 0.444 e. The Morgan fingerprint density at radius 3 is 2.84 bits per heavy atom. The molecule has 1 aromatic rings. The fourth-order valence-electron chi connectivity index (χ4n) is 1.94. The van der Waals surface area contributed by atoms with E-state index in [-0.39, 0.29) is 6.09 Å². The van der Waals surface area contributed by atoms with Crippen LogP contribution < -0.4 is 5.32 Å². The number of hydrogen-bond donors (Lipinski definition) is 1. The second kappa shape index (κ2) is 5.41. The maximum absolute atomic E-state index is 12.1. The Kier molecular flexibility index (Phi) is 4.04. The zero-order valence-electron chi connectivity index (χ0n) is 11.5. The van der Waals surface area contributed by atoms with Crippen LogP contribution in [0, 0.1) is 0 Å². The summed E-state index contributed by atoms with van der Waals surface area (Å²) < 4.78 is 6.45. The average Bonchev–Trinajstić information content (AvgIpc) is 2.48. The van der Waals surface area contributed by atoms with Gasteiger partial charge in [0.05, 0.1) is 6.54 Å². The number of nitrogens with zero attached hydrogens (tertiary/aromatic N) is 1. The van der Waals surface area contributed by atoms with Gasteiger partial charge in [0, 0.05) is 23.2 Å². The Morgan fingerprint density at radius 1 is 1.42 bits per heavy atom. The molecule has 0 aliphatic carbocycles. The third-order valence-corrected chi connectivity index (χ3v) is 3.28. The molecule has 19 heavy (non-hydrogen) atoms. The van der Waals surface area contributed by atoms with E-state index in [0.29, 0.717) is 13.1 Å². The highest BCUT2D eigenvalue weighted by molar-refractivity contribution is 9.10. The minimum absolute atomic E-state index is 0.259. The van der Waals surface area contributed by atoms with E-state index in [1.807, 2.05) is 39.0 Å². The summed E-state index contributed by atoms with van der Waals surface area (Å²) in [5, 5.41) is 3.33. The third kappa shape index (κ3) is 3.86. The molecule has 0 fully saturated rings. The summed E-state index contributed by atoms with van der Waals surface area (Å²) in [6, 6.07) is 6.04. The number of halogens is 1. The number of rotatable bonds is 0. The first-order chi connectivity index (χ1) is 8.85. The lowest BCUT2D eigenvalue weighted by Gasteiger charge is -2.26. The van der Waals surface area contributed by atoms with E-state index in [2.05, 4.69) is 21.2 Å². The Morgan fingerprint density at radius 2 is 2.16 bits per heavy atom. The molecule has 1 aromatic carbocycles. The second-order valence-electron chi connectivity index (χ2n) is 5.63. The molecule has 1 aliphatic heterocycles. The van der Waals surface area contributed by atoms with Gasteiger partial charge in [-0.2, -0.15) is 0 Å². The lowest BCUT2D eigenvalue weighted by molar-refractivity contribution is 0.0245. The molecule has 104 valence electrons. The van der Waals surface area contributed by atoms with Crippen LogP contribution in [-0.4, -0.2) is 29.7 Å². The quantitative estimate of drug-likeness (QED) is 0.791. The van der Waals surface area contributed by atoms with Gasteiger partial charge in [-0.05, 0) is 38.5 Å². The SMILES string of the molecule is CC(C)(C)OC(=O)N1CCNc2cc(Br)ccc2C1. The standard InChI is InChI=1S/C14H19BrN2O2/c1-14(2,3)19-13(18)17-7-6-16-12-8-11(15)5-4-10(12)9-17/h4-5,8,16H,6-7,9H2,1-3H3. The molecule has 1 heterocycles. The third-order valence-electron chi connectivity index (χ3n) is 2.78. The van der Waals surface area contributed by atoms with Gasteiger partial charge in [-0.15, -0.1) is 0 Å². The molecule has 0 atom stereocenters. The highest BCUT2D eigenvalue weighted by Gasteiger charge is 2.24. The average molecular weight is 327 g/mol. The van der Waals surface area contributed by atoms with Crippen LogP contribution in [0.25, 0.3) is 0 Å². The Bertz CT molecular complexity index is 483. The molecule has 5 heteroatoms. The molecular formula is C14H19BrN2O2. The van der Waals surface area contributed by atoms with Gasteiger partial charge >= 0.3 is 6.09 Å². The molecule has 0 saturated carbocycles. The molecule has 0 bridgehead atoms. The van der Waals surface area contributed by atoms with Crippen LogP contribution in [0.4, 0.5) is 10.5 Å². The van der Waals surface area contributed by atoms with Crippen LogP contribution in [0.5, 0.6) is 0 Å². The van der Waals surface area contributed by atoms with Gasteiger partial charge in [-0.3, -0.25) is 0 Å². The van der Waals surface area contributed by atoms with Crippen molar-refractivity contribution < 1.29 is 9.53 Å². The lowest BCUT2D eigenvalue weighted by atomic mass is 10.2. The lowest BCUT2D eigenvalue weighted by Crippen LogP contribution is -2.37. The van der Waals surface area contributed by atoms with Gasteiger partial charge in [0.2, 0.25) is 0 Å². The van der Waals surface area contributed by atoms with E-state index in [9.17, 15) is 4.79 Å². The van der Waals surface area contributed by atoms with Crippen LogP contribution in [0.3, 0.4) is 0 Å². The van der Waals surface area contributed by atoms with Gasteiger partial charge in [0.25, 0.3) is 0 Å². The Labute approximate surface area is 122 Å². The van der Waals surface area contributed by atoms with Gasteiger partial charge in [-0.25, -0.2) is 4.79 Å². The van der Waals surface area contributed by atoms with Crippen LogP contribution in [0.1, 0.15) is 26.3 Å². The smallest absolute Gasteiger partial charge is 0.410 e. The van der Waals surface area contributed by atoms with Crippen molar-refractivity contribution in [3.8, 4) is 0 Å². The molecule has 0 aromatic heterocycles. The van der Waals surface area contributed by atoms with E-state index >= 15 is 0 Å². The fraction of sp³-hybridized carbons (Fsp3) is 0.500. The van der Waals surface area contributed by atoms with Crippen LogP contribution in [0.15, 0.2) is 22.7 Å². The first kappa shape index (κ1) is 14.2. The van der Waals surface area contributed by atoms with E-state index in [1.165, 1.54) is 0 Å². The number of carbonyl (C=O) groups is 1. The minimum Gasteiger partial charge on any atom is -0.444 e. The summed E-state index contributed by atoms with van der Waals surface area (Å²) in [6.07, 6.45) is -0.259. The van der Waals surface area contributed by atoms with Crippen molar-refractivity contribution in [1.29, 1.82) is 0 Å². The number of nitrogens with one attached hydrogen (secondary N) is 1. The van der Waals surface area contributed by atoms with E-state index < -0.39 is 5.60 Å². The fourth-order valence-corrected chi connectivity index (χ4v) is 2.30. The van der Waals surface area contributed by atoms with Crippen LogP contribution >= 0.6 is 15.9 Å². The number of benzene rings is 1. The molecule has 0 radical (unpaired) electrons. The number of ether oxygens (including phenoxy) is 1. The highest BCUT2D eigenvalue weighted by atomic mass is 79.9. The van der Waals surface area contributed by atoms with Crippen molar-refractivity contribution in [3.63, 3.8) is 0 Å². The molecule has 1 aliphatic rings. The van der Waals surface area contributed by atoms with Crippen molar-refractivity contribution in [2.45, 2.75) is 32.9 Å². The first-order valence-corrected chi connectivity index (χ1v) is 7.15. The molecule has 1 N–H and O–H groups in total. The predicted molar refractivity (Wildman–Crippen MR) is 79.3 cm³/mol. The van der Waals surface area contributed by atoms with Crippen LogP contribution in [0.2, 0.25) is 0 Å². The van der Waals surface area contributed by atoms with Crippen molar-refractivity contribution >= 4 is 27.7 Å².